The Labute approximate surface area is 125 Å². The van der Waals surface area contributed by atoms with Crippen molar-refractivity contribution < 1.29 is 0 Å². The zero-order chi connectivity index (χ0) is 15.3. The fraction of sp³-hybridized carbons (Fsp3) is 0.667. The lowest BCUT2D eigenvalue weighted by Gasteiger charge is -2.29. The second kappa shape index (κ2) is 7.80. The van der Waals surface area contributed by atoms with E-state index in [1.807, 2.05) is 0 Å². The molecule has 2 N–H and O–H groups in total. The summed E-state index contributed by atoms with van der Waals surface area (Å²) in [6.45, 7) is 12.2. The summed E-state index contributed by atoms with van der Waals surface area (Å²) < 4.78 is 0. The van der Waals surface area contributed by atoms with Gasteiger partial charge in [0.2, 0.25) is 0 Å². The van der Waals surface area contributed by atoms with Gasteiger partial charge in [-0.05, 0) is 43.4 Å². The van der Waals surface area contributed by atoms with Crippen LogP contribution in [0.3, 0.4) is 0 Å². The standard InChI is InChI=1S/C18H32N2/c1-13(2)11-15(5)20(6)12-18(19)17-9-7-16(8-10-17)14(3)4/h7-10,13-15,18H,11-12,19H2,1-6H3. The Morgan fingerprint density at radius 2 is 1.45 bits per heavy atom. The molecule has 2 heteroatoms. The van der Waals surface area contributed by atoms with E-state index in [0.29, 0.717) is 12.0 Å². The quantitative estimate of drug-likeness (QED) is 0.809. The SMILES string of the molecule is CC(C)CC(C)N(C)CC(N)c1ccc(C(C)C)cc1. The highest BCUT2D eigenvalue weighted by molar-refractivity contribution is 5.26. The van der Waals surface area contributed by atoms with Gasteiger partial charge in [0.25, 0.3) is 0 Å². The molecular formula is C18H32N2. The molecule has 0 spiro atoms. The lowest BCUT2D eigenvalue weighted by Crippen LogP contribution is -2.36. The van der Waals surface area contributed by atoms with E-state index >= 15 is 0 Å². The van der Waals surface area contributed by atoms with Crippen molar-refractivity contribution in [3.05, 3.63) is 35.4 Å². The number of benzene rings is 1. The molecule has 2 atom stereocenters. The molecule has 0 saturated carbocycles. The van der Waals surface area contributed by atoms with Crippen molar-refractivity contribution in [2.24, 2.45) is 11.7 Å². The molecule has 0 saturated heterocycles. The molecule has 0 bridgehead atoms. The highest BCUT2D eigenvalue weighted by Gasteiger charge is 2.15. The molecular weight excluding hydrogens is 244 g/mol. The molecule has 0 fully saturated rings. The van der Waals surface area contributed by atoms with E-state index in [4.69, 9.17) is 5.73 Å². The predicted molar refractivity (Wildman–Crippen MR) is 89.0 cm³/mol. The summed E-state index contributed by atoms with van der Waals surface area (Å²) in [7, 11) is 2.18. The van der Waals surface area contributed by atoms with Gasteiger partial charge in [-0.25, -0.2) is 0 Å². The summed E-state index contributed by atoms with van der Waals surface area (Å²) >= 11 is 0. The first kappa shape index (κ1) is 17.2. The summed E-state index contributed by atoms with van der Waals surface area (Å²) in [5, 5.41) is 0. The van der Waals surface area contributed by atoms with Crippen LogP contribution in [0.25, 0.3) is 0 Å². The number of hydrogen-bond acceptors (Lipinski definition) is 2. The molecule has 0 aliphatic heterocycles. The average Bonchev–Trinajstić information content (AvgIpc) is 2.37. The van der Waals surface area contributed by atoms with E-state index in [1.165, 1.54) is 17.5 Å². The van der Waals surface area contributed by atoms with Crippen LogP contribution in [0.15, 0.2) is 24.3 Å². The first-order valence-electron chi connectivity index (χ1n) is 7.87. The van der Waals surface area contributed by atoms with Gasteiger partial charge < -0.3 is 10.6 Å². The molecule has 1 rings (SSSR count). The van der Waals surface area contributed by atoms with Crippen LogP contribution in [0.1, 0.15) is 64.1 Å². The molecule has 0 aliphatic rings. The van der Waals surface area contributed by atoms with Gasteiger partial charge in [-0.2, -0.15) is 0 Å². The van der Waals surface area contributed by atoms with Crippen molar-refractivity contribution in [3.63, 3.8) is 0 Å². The molecule has 1 aromatic carbocycles. The van der Waals surface area contributed by atoms with Gasteiger partial charge in [0.15, 0.2) is 0 Å². The van der Waals surface area contributed by atoms with E-state index in [9.17, 15) is 0 Å². The van der Waals surface area contributed by atoms with Gasteiger partial charge in [0.1, 0.15) is 0 Å². The minimum absolute atomic E-state index is 0.0934. The number of nitrogens with zero attached hydrogens (tertiary/aromatic N) is 1. The highest BCUT2D eigenvalue weighted by Crippen LogP contribution is 2.19. The fourth-order valence-corrected chi connectivity index (χ4v) is 2.59. The first-order chi connectivity index (χ1) is 9.31. The second-order valence-electron chi connectivity index (χ2n) is 6.85. The first-order valence-corrected chi connectivity index (χ1v) is 7.87. The summed E-state index contributed by atoms with van der Waals surface area (Å²) in [6.07, 6.45) is 1.22. The third-order valence-corrected chi connectivity index (χ3v) is 4.08. The molecule has 114 valence electrons. The van der Waals surface area contributed by atoms with Gasteiger partial charge in [-0.1, -0.05) is 52.0 Å². The van der Waals surface area contributed by atoms with Crippen molar-refractivity contribution in [3.8, 4) is 0 Å². The van der Waals surface area contributed by atoms with E-state index in [2.05, 4.69) is 70.8 Å². The Kier molecular flexibility index (Phi) is 6.70. The Balaban J connectivity index is 2.59. The molecule has 20 heavy (non-hydrogen) atoms. The van der Waals surface area contributed by atoms with E-state index in [0.717, 1.165) is 12.5 Å². The Morgan fingerprint density at radius 1 is 0.950 bits per heavy atom. The smallest absolute Gasteiger partial charge is 0.0424 e. The van der Waals surface area contributed by atoms with Crippen molar-refractivity contribution in [2.45, 2.75) is 59.0 Å². The van der Waals surface area contributed by atoms with Crippen LogP contribution in [0, 0.1) is 5.92 Å². The zero-order valence-corrected chi connectivity index (χ0v) is 14.1. The van der Waals surface area contributed by atoms with E-state index < -0.39 is 0 Å². The van der Waals surface area contributed by atoms with Crippen LogP contribution in [-0.2, 0) is 0 Å². The molecule has 0 amide bonds. The zero-order valence-electron chi connectivity index (χ0n) is 14.1. The fourth-order valence-electron chi connectivity index (χ4n) is 2.59. The third-order valence-electron chi connectivity index (χ3n) is 4.08. The maximum absolute atomic E-state index is 6.35. The predicted octanol–water partition coefficient (Wildman–Crippen LogP) is 4.18. The number of hydrogen-bond donors (Lipinski definition) is 1. The largest absolute Gasteiger partial charge is 0.323 e. The molecule has 0 aliphatic carbocycles. The van der Waals surface area contributed by atoms with Crippen molar-refractivity contribution in [2.75, 3.05) is 13.6 Å². The molecule has 0 radical (unpaired) electrons. The van der Waals surface area contributed by atoms with Crippen molar-refractivity contribution in [1.29, 1.82) is 0 Å². The molecule has 2 nitrogen and oxygen atoms in total. The molecule has 1 aromatic rings. The maximum Gasteiger partial charge on any atom is 0.0424 e. The Morgan fingerprint density at radius 3 is 1.90 bits per heavy atom. The van der Waals surface area contributed by atoms with Gasteiger partial charge in [-0.15, -0.1) is 0 Å². The molecule has 0 heterocycles. The van der Waals surface area contributed by atoms with Gasteiger partial charge >= 0.3 is 0 Å². The minimum atomic E-state index is 0.0934. The highest BCUT2D eigenvalue weighted by atomic mass is 15.1. The second-order valence-corrected chi connectivity index (χ2v) is 6.85. The summed E-state index contributed by atoms with van der Waals surface area (Å²) in [4.78, 5) is 2.38. The van der Waals surface area contributed by atoms with E-state index in [-0.39, 0.29) is 6.04 Å². The van der Waals surface area contributed by atoms with Crippen LogP contribution < -0.4 is 5.73 Å². The Bertz CT molecular complexity index is 381. The average molecular weight is 276 g/mol. The summed E-state index contributed by atoms with van der Waals surface area (Å²) in [5.74, 6) is 1.31. The van der Waals surface area contributed by atoms with Crippen molar-refractivity contribution >= 4 is 0 Å². The number of nitrogens with two attached hydrogens (primary N) is 1. The van der Waals surface area contributed by atoms with Gasteiger partial charge in [0, 0.05) is 18.6 Å². The van der Waals surface area contributed by atoms with Gasteiger partial charge in [-0.3, -0.25) is 0 Å². The van der Waals surface area contributed by atoms with Gasteiger partial charge in [0.05, 0.1) is 0 Å². The van der Waals surface area contributed by atoms with Crippen molar-refractivity contribution in [1.82, 2.24) is 4.90 Å². The summed E-state index contributed by atoms with van der Waals surface area (Å²) in [5.41, 5.74) is 8.96. The maximum atomic E-state index is 6.35. The lowest BCUT2D eigenvalue weighted by molar-refractivity contribution is 0.216. The Hall–Kier alpha value is -0.860. The number of rotatable bonds is 7. The van der Waals surface area contributed by atoms with Crippen LogP contribution >= 0.6 is 0 Å². The third kappa shape index (κ3) is 5.26. The summed E-state index contributed by atoms with van der Waals surface area (Å²) in [6, 6.07) is 9.45. The molecule has 0 aromatic heterocycles. The normalized spacial score (nSPS) is 15.1. The van der Waals surface area contributed by atoms with Crippen LogP contribution in [0.2, 0.25) is 0 Å². The number of likely N-dealkylation sites (N-methyl/N-ethyl adjacent to an activating group) is 1. The topological polar surface area (TPSA) is 29.3 Å². The minimum Gasteiger partial charge on any atom is -0.323 e. The van der Waals surface area contributed by atoms with Crippen LogP contribution in [0.5, 0.6) is 0 Å². The van der Waals surface area contributed by atoms with Crippen LogP contribution in [-0.4, -0.2) is 24.5 Å². The monoisotopic (exact) mass is 276 g/mol. The molecule has 2 unspecified atom stereocenters. The van der Waals surface area contributed by atoms with Crippen LogP contribution in [0.4, 0.5) is 0 Å². The van der Waals surface area contributed by atoms with E-state index in [1.54, 1.807) is 0 Å². The lowest BCUT2D eigenvalue weighted by atomic mass is 9.98.